The third-order valence-corrected chi connectivity index (χ3v) is 3.27. The largest absolute Gasteiger partial charge is 0.320 e. The molecule has 108 valence electrons. The van der Waals surface area contributed by atoms with Crippen LogP contribution >= 0.6 is 0 Å². The smallest absolute Gasteiger partial charge is 0.277 e. The number of nitrogens with one attached hydrogen (secondary N) is 2. The topological polar surface area (TPSA) is 75.6 Å². The van der Waals surface area contributed by atoms with E-state index in [0.717, 1.165) is 12.1 Å². The number of aromatic nitrogens is 4. The summed E-state index contributed by atoms with van der Waals surface area (Å²) in [5.74, 6) is 0.610. The fourth-order valence-corrected chi connectivity index (χ4v) is 2.26. The molecule has 0 aliphatic heterocycles. The van der Waals surface area contributed by atoms with Gasteiger partial charge in [-0.05, 0) is 12.1 Å². The van der Waals surface area contributed by atoms with E-state index in [9.17, 15) is 4.79 Å². The van der Waals surface area contributed by atoms with Crippen LogP contribution in [0.1, 0.15) is 18.3 Å². The van der Waals surface area contributed by atoms with E-state index in [1.54, 1.807) is 6.33 Å². The third kappa shape index (κ3) is 2.85. The summed E-state index contributed by atoms with van der Waals surface area (Å²) in [6, 6.07) is 9.97. The summed E-state index contributed by atoms with van der Waals surface area (Å²) in [6.07, 6.45) is 1.66. The molecule has 3 aromatic rings. The Balaban J connectivity index is 1.97. The van der Waals surface area contributed by atoms with E-state index in [4.69, 9.17) is 0 Å². The van der Waals surface area contributed by atoms with Crippen LogP contribution < -0.4 is 10.9 Å². The lowest BCUT2D eigenvalue weighted by molar-refractivity contribution is 0.690. The molecule has 2 aromatic heterocycles. The van der Waals surface area contributed by atoms with Crippen molar-refractivity contribution < 1.29 is 0 Å². The molecule has 0 amide bonds. The average Bonchev–Trinajstić information content (AvgIpc) is 2.90. The van der Waals surface area contributed by atoms with E-state index < -0.39 is 0 Å². The second-order valence-corrected chi connectivity index (χ2v) is 4.82. The summed E-state index contributed by atoms with van der Waals surface area (Å²) in [4.78, 5) is 23.7. The molecule has 2 N–H and O–H groups in total. The number of imidazole rings is 1. The number of fused-ring (bicyclic) bond motifs is 1. The molecule has 2 heterocycles. The quantitative estimate of drug-likeness (QED) is 0.739. The van der Waals surface area contributed by atoms with Gasteiger partial charge in [-0.15, -0.1) is 0 Å². The van der Waals surface area contributed by atoms with Crippen LogP contribution in [0.4, 0.5) is 0 Å². The van der Waals surface area contributed by atoms with Crippen LogP contribution in [-0.2, 0) is 13.1 Å². The highest BCUT2D eigenvalue weighted by Gasteiger charge is 2.10. The van der Waals surface area contributed by atoms with Gasteiger partial charge in [-0.1, -0.05) is 37.3 Å². The lowest BCUT2D eigenvalue weighted by atomic mass is 10.2. The van der Waals surface area contributed by atoms with Gasteiger partial charge in [0.2, 0.25) is 0 Å². The van der Waals surface area contributed by atoms with Crippen LogP contribution in [0.3, 0.4) is 0 Å². The molecular formula is C15H17N5O. The van der Waals surface area contributed by atoms with Crippen LogP contribution in [0, 0.1) is 0 Å². The van der Waals surface area contributed by atoms with Gasteiger partial charge in [0.1, 0.15) is 5.82 Å². The average molecular weight is 283 g/mol. The summed E-state index contributed by atoms with van der Waals surface area (Å²) >= 11 is 0. The van der Waals surface area contributed by atoms with Crippen LogP contribution in [0.5, 0.6) is 0 Å². The highest BCUT2D eigenvalue weighted by molar-refractivity contribution is 5.69. The minimum atomic E-state index is -0.152. The molecule has 3 rings (SSSR count). The summed E-state index contributed by atoms with van der Waals surface area (Å²) in [7, 11) is 0. The van der Waals surface area contributed by atoms with Crippen molar-refractivity contribution in [2.24, 2.45) is 0 Å². The van der Waals surface area contributed by atoms with E-state index in [-0.39, 0.29) is 5.56 Å². The molecule has 0 saturated heterocycles. The first-order valence-corrected chi connectivity index (χ1v) is 6.96. The number of hydrogen-bond acceptors (Lipinski definition) is 4. The van der Waals surface area contributed by atoms with Crippen molar-refractivity contribution in [2.75, 3.05) is 6.54 Å². The first-order valence-electron chi connectivity index (χ1n) is 6.96. The molecule has 0 radical (unpaired) electrons. The third-order valence-electron chi connectivity index (χ3n) is 3.27. The summed E-state index contributed by atoms with van der Waals surface area (Å²) in [5.41, 5.74) is 1.97. The summed E-state index contributed by atoms with van der Waals surface area (Å²) in [5, 5.41) is 3.14. The van der Waals surface area contributed by atoms with Crippen molar-refractivity contribution in [1.82, 2.24) is 24.8 Å². The van der Waals surface area contributed by atoms with E-state index in [1.165, 1.54) is 0 Å². The van der Waals surface area contributed by atoms with Gasteiger partial charge in [-0.3, -0.25) is 4.79 Å². The lowest BCUT2D eigenvalue weighted by Crippen LogP contribution is -2.20. The molecule has 6 heteroatoms. The molecule has 0 saturated carbocycles. The van der Waals surface area contributed by atoms with Gasteiger partial charge in [0.15, 0.2) is 11.2 Å². The number of H-pyrrole nitrogens is 1. The Labute approximate surface area is 121 Å². The zero-order valence-electron chi connectivity index (χ0n) is 11.8. The number of benzene rings is 1. The molecule has 0 fully saturated rings. The van der Waals surface area contributed by atoms with Gasteiger partial charge in [-0.2, -0.15) is 0 Å². The van der Waals surface area contributed by atoms with E-state index in [1.807, 2.05) is 41.8 Å². The minimum Gasteiger partial charge on any atom is -0.320 e. The molecule has 0 atom stereocenters. The van der Waals surface area contributed by atoms with Crippen molar-refractivity contribution in [3.8, 4) is 0 Å². The van der Waals surface area contributed by atoms with Crippen LogP contribution in [0.2, 0.25) is 0 Å². The normalized spacial score (nSPS) is 11.1. The first-order chi connectivity index (χ1) is 10.3. The summed E-state index contributed by atoms with van der Waals surface area (Å²) in [6.45, 7) is 3.97. The fraction of sp³-hybridized carbons (Fsp3) is 0.267. The molecular weight excluding hydrogens is 266 g/mol. The Hall–Kier alpha value is -2.47. The van der Waals surface area contributed by atoms with Gasteiger partial charge >= 0.3 is 0 Å². The van der Waals surface area contributed by atoms with Crippen LogP contribution in [-0.4, -0.2) is 26.1 Å². The maximum Gasteiger partial charge on any atom is 0.277 e. The highest BCUT2D eigenvalue weighted by Crippen LogP contribution is 2.09. The Morgan fingerprint density at radius 2 is 2.10 bits per heavy atom. The number of aromatic amines is 1. The predicted octanol–water partition coefficient (Wildman–Crippen LogP) is 1.28. The Morgan fingerprint density at radius 1 is 1.29 bits per heavy atom. The van der Waals surface area contributed by atoms with Gasteiger partial charge in [0, 0.05) is 6.54 Å². The standard InChI is InChI=1S/C15H17N5O/c1-2-16-8-12-18-14-13(15(21)19-12)20(10-17-14)9-11-6-4-3-5-7-11/h3-7,10,16H,2,8-9H2,1H3,(H,18,19,21). The molecule has 0 bridgehead atoms. The maximum absolute atomic E-state index is 12.3. The molecule has 0 aliphatic carbocycles. The zero-order valence-corrected chi connectivity index (χ0v) is 11.8. The minimum absolute atomic E-state index is 0.152. The first kappa shape index (κ1) is 13.5. The van der Waals surface area contributed by atoms with E-state index in [0.29, 0.717) is 30.1 Å². The second kappa shape index (κ2) is 5.88. The van der Waals surface area contributed by atoms with Gasteiger partial charge in [-0.25, -0.2) is 9.97 Å². The molecule has 21 heavy (non-hydrogen) atoms. The molecule has 0 unspecified atom stereocenters. The Kier molecular flexibility index (Phi) is 3.79. The SMILES string of the molecule is CCNCc1nc2ncn(Cc3ccccc3)c2c(=O)[nH]1. The predicted molar refractivity (Wildman–Crippen MR) is 81.1 cm³/mol. The van der Waals surface area contributed by atoms with Gasteiger partial charge < -0.3 is 14.9 Å². The maximum atomic E-state index is 12.3. The van der Waals surface area contributed by atoms with E-state index in [2.05, 4.69) is 20.3 Å². The van der Waals surface area contributed by atoms with Crippen molar-refractivity contribution >= 4 is 11.2 Å². The number of hydrogen-bond donors (Lipinski definition) is 2. The molecule has 0 spiro atoms. The number of rotatable bonds is 5. The monoisotopic (exact) mass is 283 g/mol. The van der Waals surface area contributed by atoms with Gasteiger partial charge in [0.05, 0.1) is 12.9 Å². The van der Waals surface area contributed by atoms with Crippen molar-refractivity contribution in [3.05, 3.63) is 58.4 Å². The molecule has 0 aliphatic rings. The Bertz CT molecular complexity index is 791. The van der Waals surface area contributed by atoms with Crippen LogP contribution in [0.15, 0.2) is 41.5 Å². The fourth-order valence-electron chi connectivity index (χ4n) is 2.26. The number of nitrogens with zero attached hydrogens (tertiary/aromatic N) is 3. The van der Waals surface area contributed by atoms with Crippen molar-refractivity contribution in [2.45, 2.75) is 20.0 Å². The van der Waals surface area contributed by atoms with E-state index >= 15 is 0 Å². The summed E-state index contributed by atoms with van der Waals surface area (Å²) < 4.78 is 1.83. The van der Waals surface area contributed by atoms with Crippen molar-refractivity contribution in [3.63, 3.8) is 0 Å². The van der Waals surface area contributed by atoms with Crippen LogP contribution in [0.25, 0.3) is 11.2 Å². The van der Waals surface area contributed by atoms with Crippen molar-refractivity contribution in [1.29, 1.82) is 0 Å². The molecule has 1 aromatic carbocycles. The highest BCUT2D eigenvalue weighted by atomic mass is 16.1. The second-order valence-electron chi connectivity index (χ2n) is 4.82. The zero-order chi connectivity index (χ0) is 14.7. The van der Waals surface area contributed by atoms with Gasteiger partial charge in [0.25, 0.3) is 5.56 Å². The Morgan fingerprint density at radius 3 is 2.86 bits per heavy atom. The lowest BCUT2D eigenvalue weighted by Gasteiger charge is -2.04. The molecule has 6 nitrogen and oxygen atoms in total.